The van der Waals surface area contributed by atoms with Crippen molar-refractivity contribution in [2.45, 2.75) is 13.0 Å². The summed E-state index contributed by atoms with van der Waals surface area (Å²) < 4.78 is 2.84. The molecule has 0 aromatic heterocycles. The first-order chi connectivity index (χ1) is 10.2. The molecule has 0 spiro atoms. The van der Waals surface area contributed by atoms with E-state index in [2.05, 4.69) is 60.3 Å². The highest BCUT2D eigenvalue weighted by Gasteiger charge is 2.55. The third kappa shape index (κ3) is 2.07. The predicted octanol–water partition coefficient (Wildman–Crippen LogP) is 4.43. The second kappa shape index (κ2) is 5.10. The molecular formula is C17H15Br2NO. The Labute approximate surface area is 141 Å². The highest BCUT2D eigenvalue weighted by Crippen LogP contribution is 2.58. The molecule has 1 saturated carbocycles. The SMILES string of the molecule is O=C1C(Br)=C(N(Br)Cc2ccccc2)[C@@H]2[C@H]1[C@@H]1C=C[C@H]2C1. The van der Waals surface area contributed by atoms with Crippen molar-refractivity contribution in [1.29, 1.82) is 0 Å². The molecule has 3 aliphatic carbocycles. The molecule has 21 heavy (non-hydrogen) atoms. The summed E-state index contributed by atoms with van der Waals surface area (Å²) in [6.07, 6.45) is 5.67. The van der Waals surface area contributed by atoms with Gasteiger partial charge in [-0.3, -0.25) is 4.79 Å². The Morgan fingerprint density at radius 3 is 2.48 bits per heavy atom. The van der Waals surface area contributed by atoms with E-state index in [4.69, 9.17) is 0 Å². The van der Waals surface area contributed by atoms with E-state index >= 15 is 0 Å². The van der Waals surface area contributed by atoms with Gasteiger partial charge >= 0.3 is 0 Å². The summed E-state index contributed by atoms with van der Waals surface area (Å²) >= 11 is 7.24. The van der Waals surface area contributed by atoms with E-state index in [1.54, 1.807) is 0 Å². The molecule has 1 aromatic rings. The summed E-state index contributed by atoms with van der Waals surface area (Å²) in [6, 6.07) is 10.3. The molecule has 4 heteroatoms. The Bertz CT molecular complexity index is 652. The van der Waals surface area contributed by atoms with Crippen LogP contribution < -0.4 is 0 Å². The van der Waals surface area contributed by atoms with Crippen molar-refractivity contribution in [3.8, 4) is 0 Å². The zero-order valence-corrected chi connectivity index (χ0v) is 14.5. The van der Waals surface area contributed by atoms with Crippen LogP contribution in [0.5, 0.6) is 0 Å². The number of halogens is 2. The van der Waals surface area contributed by atoms with E-state index < -0.39 is 0 Å². The summed E-state index contributed by atoms with van der Waals surface area (Å²) in [6.45, 7) is 0.767. The van der Waals surface area contributed by atoms with Gasteiger partial charge in [-0.1, -0.05) is 42.5 Å². The van der Waals surface area contributed by atoms with E-state index in [9.17, 15) is 4.79 Å². The van der Waals surface area contributed by atoms with E-state index in [0.717, 1.165) is 23.1 Å². The summed E-state index contributed by atoms with van der Waals surface area (Å²) in [5.41, 5.74) is 2.36. The number of nitrogens with zero attached hydrogens (tertiary/aromatic N) is 1. The summed E-state index contributed by atoms with van der Waals surface area (Å²) in [7, 11) is 0. The van der Waals surface area contributed by atoms with Crippen molar-refractivity contribution in [3.05, 3.63) is 58.2 Å². The van der Waals surface area contributed by atoms with Crippen molar-refractivity contribution in [1.82, 2.24) is 3.93 Å². The van der Waals surface area contributed by atoms with Gasteiger partial charge in [0.2, 0.25) is 0 Å². The lowest BCUT2D eigenvalue weighted by Crippen LogP contribution is -2.25. The Kier molecular flexibility index (Phi) is 3.34. The number of ketones is 1. The van der Waals surface area contributed by atoms with Crippen molar-refractivity contribution in [3.63, 3.8) is 0 Å². The largest absolute Gasteiger partial charge is 0.307 e. The van der Waals surface area contributed by atoms with Gasteiger partial charge in [0.15, 0.2) is 5.78 Å². The molecule has 0 amide bonds. The molecule has 1 aromatic carbocycles. The van der Waals surface area contributed by atoms with Crippen LogP contribution in [0.4, 0.5) is 0 Å². The molecule has 2 nitrogen and oxygen atoms in total. The smallest absolute Gasteiger partial charge is 0.175 e. The monoisotopic (exact) mass is 407 g/mol. The molecule has 0 saturated heterocycles. The highest BCUT2D eigenvalue weighted by molar-refractivity contribution is 9.12. The van der Waals surface area contributed by atoms with Crippen LogP contribution in [-0.4, -0.2) is 9.71 Å². The molecule has 0 unspecified atom stereocenters. The molecular weight excluding hydrogens is 394 g/mol. The van der Waals surface area contributed by atoms with Gasteiger partial charge in [-0.05, 0) is 39.8 Å². The molecule has 4 rings (SSSR count). The van der Waals surface area contributed by atoms with Crippen LogP contribution in [0.3, 0.4) is 0 Å². The third-order valence-electron chi connectivity index (χ3n) is 4.94. The van der Waals surface area contributed by atoms with Gasteiger partial charge in [-0.15, -0.1) is 0 Å². The van der Waals surface area contributed by atoms with E-state index in [0.29, 0.717) is 17.8 Å². The molecule has 0 N–H and O–H groups in total. The number of Topliss-reactive ketones (excluding diaryl/α,β-unsaturated/α-hetero) is 1. The Balaban J connectivity index is 1.64. The van der Waals surface area contributed by atoms with Gasteiger partial charge in [0.05, 0.1) is 11.0 Å². The van der Waals surface area contributed by atoms with Crippen LogP contribution in [0, 0.1) is 23.7 Å². The van der Waals surface area contributed by atoms with Gasteiger partial charge in [0.25, 0.3) is 0 Å². The first-order valence-corrected chi connectivity index (χ1v) is 8.76. The van der Waals surface area contributed by atoms with Crippen LogP contribution in [0.25, 0.3) is 0 Å². The number of allylic oxidation sites excluding steroid dienone is 4. The summed E-state index contributed by atoms with van der Waals surface area (Å²) in [5.74, 6) is 1.73. The normalized spacial score (nSPS) is 33.0. The Morgan fingerprint density at radius 2 is 1.76 bits per heavy atom. The van der Waals surface area contributed by atoms with Gasteiger partial charge in [-0.25, -0.2) is 0 Å². The Hall–Kier alpha value is -0.870. The third-order valence-corrected chi connectivity index (χ3v) is 6.37. The fraction of sp³-hybridized carbons (Fsp3) is 0.353. The van der Waals surface area contributed by atoms with Crippen LogP contribution >= 0.6 is 32.1 Å². The molecule has 2 bridgehead atoms. The van der Waals surface area contributed by atoms with Gasteiger partial charge in [0, 0.05) is 33.7 Å². The number of rotatable bonds is 3. The second-order valence-corrected chi connectivity index (χ2v) is 7.72. The van der Waals surface area contributed by atoms with Crippen LogP contribution in [0.1, 0.15) is 12.0 Å². The number of fused-ring (bicyclic) bond motifs is 5. The quantitative estimate of drug-likeness (QED) is 0.544. The van der Waals surface area contributed by atoms with Crippen molar-refractivity contribution < 1.29 is 4.79 Å². The lowest BCUT2D eigenvalue weighted by atomic mass is 9.84. The van der Waals surface area contributed by atoms with E-state index in [1.807, 2.05) is 18.2 Å². The van der Waals surface area contributed by atoms with Gasteiger partial charge in [-0.2, -0.15) is 0 Å². The van der Waals surface area contributed by atoms with Crippen molar-refractivity contribution in [2.75, 3.05) is 0 Å². The fourth-order valence-corrected chi connectivity index (χ4v) is 5.75. The highest BCUT2D eigenvalue weighted by atomic mass is 79.9. The maximum absolute atomic E-state index is 12.6. The zero-order chi connectivity index (χ0) is 14.6. The molecule has 1 fully saturated rings. The van der Waals surface area contributed by atoms with Crippen LogP contribution in [0.2, 0.25) is 0 Å². The number of carbonyl (C=O) groups excluding carboxylic acids is 1. The molecule has 0 heterocycles. The molecule has 108 valence electrons. The molecule has 0 radical (unpaired) electrons. The van der Waals surface area contributed by atoms with Crippen molar-refractivity contribution >= 4 is 37.9 Å². The minimum absolute atomic E-state index is 0.153. The standard InChI is InChI=1S/C17H15Br2NO/c18-15-16(20(19)9-10-4-2-1-3-5-10)13-11-6-7-12(8-11)14(13)17(15)21/h1-7,11-14H,8-9H2/t11-,12+,13-,14+/m0/s1. The fourth-order valence-electron chi connectivity index (χ4n) is 4.07. The average molecular weight is 409 g/mol. The molecule has 0 aliphatic heterocycles. The number of hydrogen-bond donors (Lipinski definition) is 0. The summed E-state index contributed by atoms with van der Waals surface area (Å²) in [5, 5.41) is 0. The van der Waals surface area contributed by atoms with Gasteiger partial charge in [0.1, 0.15) is 0 Å². The lowest BCUT2D eigenvalue weighted by molar-refractivity contribution is -0.119. The predicted molar refractivity (Wildman–Crippen MR) is 89.6 cm³/mol. The number of carbonyl (C=O) groups is 1. The maximum atomic E-state index is 12.6. The first kappa shape index (κ1) is 13.8. The van der Waals surface area contributed by atoms with E-state index in [1.165, 1.54) is 5.56 Å². The summed E-state index contributed by atoms with van der Waals surface area (Å²) in [4.78, 5) is 12.6. The number of hydrogen-bond acceptors (Lipinski definition) is 2. The minimum atomic E-state index is 0.153. The zero-order valence-electron chi connectivity index (χ0n) is 11.4. The van der Waals surface area contributed by atoms with Gasteiger partial charge < -0.3 is 3.93 Å². The minimum Gasteiger partial charge on any atom is -0.307 e. The van der Waals surface area contributed by atoms with Crippen LogP contribution in [0.15, 0.2) is 52.7 Å². The average Bonchev–Trinajstić information content (AvgIpc) is 3.14. The topological polar surface area (TPSA) is 20.3 Å². The Morgan fingerprint density at radius 1 is 1.10 bits per heavy atom. The second-order valence-electron chi connectivity index (χ2n) is 6.07. The van der Waals surface area contributed by atoms with Crippen molar-refractivity contribution in [2.24, 2.45) is 23.7 Å². The molecule has 4 atom stereocenters. The first-order valence-electron chi connectivity index (χ1n) is 7.26. The maximum Gasteiger partial charge on any atom is 0.175 e. The van der Waals surface area contributed by atoms with E-state index in [-0.39, 0.29) is 11.7 Å². The van der Waals surface area contributed by atoms with Crippen LogP contribution in [-0.2, 0) is 11.3 Å². The number of benzene rings is 1. The molecule has 3 aliphatic rings. The lowest BCUT2D eigenvalue weighted by Gasteiger charge is -2.27.